The molecule has 7 nitrogen and oxygen atoms in total. The van der Waals surface area contributed by atoms with Gasteiger partial charge in [0.1, 0.15) is 17.1 Å². The zero-order chi connectivity index (χ0) is 20.4. The monoisotopic (exact) mass is 384 g/mol. The first-order valence-electron chi connectivity index (χ1n) is 9.16. The first-order chi connectivity index (χ1) is 13.3. The Morgan fingerprint density at radius 2 is 1.96 bits per heavy atom. The number of fused-ring (bicyclic) bond motifs is 1. The lowest BCUT2D eigenvalue weighted by atomic mass is 10.1. The summed E-state index contributed by atoms with van der Waals surface area (Å²) in [7, 11) is 1.71. The van der Waals surface area contributed by atoms with Crippen molar-refractivity contribution in [2.75, 3.05) is 13.7 Å². The van der Waals surface area contributed by atoms with Gasteiger partial charge in [0.25, 0.3) is 5.91 Å². The summed E-state index contributed by atoms with van der Waals surface area (Å²) in [5.74, 6) is 1.06. The lowest BCUT2D eigenvalue weighted by Gasteiger charge is -2.18. The molecule has 0 radical (unpaired) electrons. The third kappa shape index (κ3) is 3.93. The molecular formula is C21H24N2O5. The Bertz CT molecular complexity index is 1060. The van der Waals surface area contributed by atoms with Gasteiger partial charge in [-0.1, -0.05) is 12.1 Å². The largest absolute Gasteiger partial charge is 0.483 e. The molecule has 148 valence electrons. The number of nitrogens with zero attached hydrogens (tertiary/aromatic N) is 2. The first-order valence-corrected chi connectivity index (χ1v) is 9.16. The Morgan fingerprint density at radius 1 is 1.21 bits per heavy atom. The highest BCUT2D eigenvalue weighted by molar-refractivity contribution is 5.88. The maximum atomic E-state index is 12.6. The fourth-order valence-electron chi connectivity index (χ4n) is 3.17. The molecule has 28 heavy (non-hydrogen) atoms. The molecule has 0 N–H and O–H groups in total. The number of carbonyl (C=O) groups is 1. The van der Waals surface area contributed by atoms with Gasteiger partial charge in [-0.25, -0.2) is 4.79 Å². The minimum atomic E-state index is -0.392. The minimum Gasteiger partial charge on any atom is -0.483 e. The predicted octanol–water partition coefficient (Wildman–Crippen LogP) is 3.31. The van der Waals surface area contributed by atoms with Crippen molar-refractivity contribution in [3.8, 4) is 5.75 Å². The second kappa shape index (κ2) is 7.88. The van der Waals surface area contributed by atoms with Gasteiger partial charge in [-0.05, 0) is 50.5 Å². The van der Waals surface area contributed by atoms with Crippen molar-refractivity contribution in [1.29, 1.82) is 0 Å². The van der Waals surface area contributed by atoms with E-state index in [1.54, 1.807) is 18.0 Å². The summed E-state index contributed by atoms with van der Waals surface area (Å²) in [5, 5.41) is 4.64. The van der Waals surface area contributed by atoms with Gasteiger partial charge in [0.2, 0.25) is 0 Å². The van der Waals surface area contributed by atoms with Gasteiger partial charge >= 0.3 is 5.63 Å². The Morgan fingerprint density at radius 3 is 2.61 bits per heavy atom. The molecular weight excluding hydrogens is 360 g/mol. The zero-order valence-corrected chi connectivity index (χ0v) is 16.8. The van der Waals surface area contributed by atoms with E-state index >= 15 is 0 Å². The van der Waals surface area contributed by atoms with E-state index in [1.807, 2.05) is 33.8 Å². The smallest absolute Gasteiger partial charge is 0.336 e. The van der Waals surface area contributed by atoms with Crippen molar-refractivity contribution < 1.29 is 18.5 Å². The molecule has 1 amide bonds. The van der Waals surface area contributed by atoms with Gasteiger partial charge in [-0.15, -0.1) is 0 Å². The maximum Gasteiger partial charge on any atom is 0.336 e. The summed E-state index contributed by atoms with van der Waals surface area (Å²) < 4.78 is 16.3. The molecule has 2 heterocycles. The molecule has 0 fully saturated rings. The first kappa shape index (κ1) is 19.7. The Balaban J connectivity index is 1.81. The van der Waals surface area contributed by atoms with Crippen LogP contribution in [-0.4, -0.2) is 29.6 Å². The number of likely N-dealkylation sites (N-methyl/N-ethyl adjacent to an activating group) is 1. The van der Waals surface area contributed by atoms with Crippen molar-refractivity contribution in [3.63, 3.8) is 0 Å². The van der Waals surface area contributed by atoms with E-state index in [2.05, 4.69) is 5.16 Å². The van der Waals surface area contributed by atoms with Crippen molar-refractivity contribution in [2.24, 2.45) is 0 Å². The Hall–Kier alpha value is -3.09. The van der Waals surface area contributed by atoms with Crippen LogP contribution in [0.5, 0.6) is 5.75 Å². The van der Waals surface area contributed by atoms with Crippen LogP contribution in [0.25, 0.3) is 11.0 Å². The second-order valence-electron chi connectivity index (χ2n) is 6.92. The van der Waals surface area contributed by atoms with E-state index in [0.717, 1.165) is 27.8 Å². The van der Waals surface area contributed by atoms with Crippen LogP contribution >= 0.6 is 0 Å². The highest BCUT2D eigenvalue weighted by Gasteiger charge is 2.17. The summed E-state index contributed by atoms with van der Waals surface area (Å²) in [6, 6.07) is 5.12. The van der Waals surface area contributed by atoms with Gasteiger partial charge in [0.15, 0.2) is 6.61 Å². The molecule has 0 saturated carbocycles. The number of hydrogen-bond acceptors (Lipinski definition) is 6. The average molecular weight is 384 g/mol. The van der Waals surface area contributed by atoms with Crippen LogP contribution < -0.4 is 10.4 Å². The third-order valence-electron chi connectivity index (χ3n) is 4.77. The maximum absolute atomic E-state index is 12.6. The van der Waals surface area contributed by atoms with Crippen molar-refractivity contribution >= 4 is 16.9 Å². The van der Waals surface area contributed by atoms with Crippen LogP contribution in [-0.2, 0) is 17.8 Å². The molecule has 3 aromatic rings. The quantitative estimate of drug-likeness (QED) is 0.606. The van der Waals surface area contributed by atoms with Crippen molar-refractivity contribution in [3.05, 3.63) is 56.8 Å². The lowest BCUT2D eigenvalue weighted by Crippen LogP contribution is -2.31. The standard InChI is InChI=1S/C21H24N2O5/c1-6-15-9-20(25)27-18-8-12(2)7-17(21(15)18)26-11-19(24)23(5)10-16-13(3)22-28-14(16)4/h7-9H,6,10-11H2,1-5H3. The van der Waals surface area contributed by atoms with Gasteiger partial charge in [-0.3, -0.25) is 4.79 Å². The van der Waals surface area contributed by atoms with Crippen LogP contribution in [0.1, 0.15) is 35.1 Å². The van der Waals surface area contributed by atoms with Crippen molar-refractivity contribution in [1.82, 2.24) is 10.1 Å². The van der Waals surface area contributed by atoms with E-state index in [9.17, 15) is 9.59 Å². The number of amides is 1. The number of carbonyl (C=O) groups excluding carboxylic acids is 1. The molecule has 0 aliphatic rings. The number of benzene rings is 1. The molecule has 0 atom stereocenters. The molecule has 3 rings (SSSR count). The van der Waals surface area contributed by atoms with E-state index in [4.69, 9.17) is 13.7 Å². The lowest BCUT2D eigenvalue weighted by molar-refractivity contribution is -0.132. The van der Waals surface area contributed by atoms with E-state index in [0.29, 0.717) is 30.1 Å². The van der Waals surface area contributed by atoms with Crippen molar-refractivity contribution in [2.45, 2.75) is 40.7 Å². The van der Waals surface area contributed by atoms with E-state index in [1.165, 1.54) is 6.07 Å². The van der Waals surface area contributed by atoms with E-state index in [-0.39, 0.29) is 12.5 Å². The summed E-state index contributed by atoms with van der Waals surface area (Å²) in [4.78, 5) is 25.9. The average Bonchev–Trinajstić information content (AvgIpc) is 2.96. The number of aromatic nitrogens is 1. The Labute approximate surface area is 162 Å². The van der Waals surface area contributed by atoms with Crippen LogP contribution in [0.4, 0.5) is 0 Å². The molecule has 0 saturated heterocycles. The fourth-order valence-corrected chi connectivity index (χ4v) is 3.17. The molecule has 1 aromatic carbocycles. The summed E-state index contributed by atoms with van der Waals surface area (Å²) in [5.41, 5.74) is 3.46. The fraction of sp³-hybridized carbons (Fsp3) is 0.381. The number of ether oxygens (including phenoxy) is 1. The summed E-state index contributed by atoms with van der Waals surface area (Å²) >= 11 is 0. The predicted molar refractivity (Wildman–Crippen MR) is 105 cm³/mol. The van der Waals surface area contributed by atoms with Gasteiger partial charge in [-0.2, -0.15) is 0 Å². The SMILES string of the molecule is CCc1cc(=O)oc2cc(C)cc(OCC(=O)N(C)Cc3c(C)noc3C)c12. The molecule has 0 aliphatic carbocycles. The molecule has 0 unspecified atom stereocenters. The normalized spacial score (nSPS) is 11.0. The number of rotatable bonds is 6. The van der Waals surface area contributed by atoms with Gasteiger partial charge in [0, 0.05) is 18.7 Å². The molecule has 2 aromatic heterocycles. The molecule has 0 spiro atoms. The topological polar surface area (TPSA) is 85.8 Å². The molecule has 0 aliphatic heterocycles. The van der Waals surface area contributed by atoms with E-state index < -0.39 is 5.63 Å². The zero-order valence-electron chi connectivity index (χ0n) is 16.8. The Kier molecular flexibility index (Phi) is 5.53. The van der Waals surface area contributed by atoms with Crippen LogP contribution in [0.3, 0.4) is 0 Å². The molecule has 7 heteroatoms. The number of aryl methyl sites for hydroxylation is 4. The van der Waals surface area contributed by atoms with Crippen LogP contribution in [0, 0.1) is 20.8 Å². The second-order valence-corrected chi connectivity index (χ2v) is 6.92. The third-order valence-corrected chi connectivity index (χ3v) is 4.77. The summed E-state index contributed by atoms with van der Waals surface area (Å²) in [6.45, 7) is 7.78. The number of hydrogen-bond donors (Lipinski definition) is 0. The highest BCUT2D eigenvalue weighted by Crippen LogP contribution is 2.30. The molecule has 0 bridgehead atoms. The van der Waals surface area contributed by atoms with Crippen LogP contribution in [0.2, 0.25) is 0 Å². The summed E-state index contributed by atoms with van der Waals surface area (Å²) in [6.07, 6.45) is 0.654. The minimum absolute atomic E-state index is 0.124. The van der Waals surface area contributed by atoms with Gasteiger partial charge in [0.05, 0.1) is 17.6 Å². The highest BCUT2D eigenvalue weighted by atomic mass is 16.5. The van der Waals surface area contributed by atoms with Crippen LogP contribution in [0.15, 0.2) is 31.9 Å². The van der Waals surface area contributed by atoms with Gasteiger partial charge < -0.3 is 18.6 Å².